The van der Waals surface area contributed by atoms with Crippen LogP contribution in [-0.2, 0) is 0 Å². The largest absolute Gasteiger partial charge is 0.434 e. The van der Waals surface area contributed by atoms with Gasteiger partial charge in [-0.1, -0.05) is 6.07 Å². The van der Waals surface area contributed by atoms with E-state index in [2.05, 4.69) is 14.6 Å². The summed E-state index contributed by atoms with van der Waals surface area (Å²) in [5.74, 6) is -5.83. The minimum atomic E-state index is -5.50. The molecule has 0 radical (unpaired) electrons. The maximum atomic E-state index is 13.8. The van der Waals surface area contributed by atoms with Crippen molar-refractivity contribution in [1.29, 1.82) is 0 Å². The quantitative estimate of drug-likeness (QED) is 0.249. The molecule has 2 aromatic carbocycles. The van der Waals surface area contributed by atoms with Crippen LogP contribution in [0.2, 0.25) is 0 Å². The average molecular weight is 597 g/mol. The van der Waals surface area contributed by atoms with Crippen molar-refractivity contribution < 1.29 is 59.3 Å². The Labute approximate surface area is 224 Å². The Bertz CT molecular complexity index is 1360. The number of halogens is 8. The Balaban J connectivity index is 1.78. The Morgan fingerprint density at radius 1 is 0.927 bits per heavy atom. The summed E-state index contributed by atoms with van der Waals surface area (Å²) in [7, 11) is 0. The van der Waals surface area contributed by atoms with Crippen molar-refractivity contribution in [3.8, 4) is 17.2 Å². The first kappa shape index (κ1) is 30.9. The molecule has 3 aromatic rings. The fraction of sp³-hybridized carbons (Fsp3) is 0.261. The van der Waals surface area contributed by atoms with Gasteiger partial charge in [-0.15, -0.1) is 0 Å². The number of ether oxygens (including phenoxy) is 2. The molecule has 222 valence electrons. The number of alkyl halides is 7. The van der Waals surface area contributed by atoms with Gasteiger partial charge in [0.1, 0.15) is 34.3 Å². The van der Waals surface area contributed by atoms with Crippen LogP contribution in [0, 0.1) is 5.82 Å². The molecule has 2 amide bonds. The Hall–Kier alpha value is -4.61. The standard InChI is InChI=1S/C23H19F8N5O5/c24-11-4-6-12(7-5-11)36-17(32)13(8-35-36)18(37)33-9-22(39,23(29,30)31)10-34-19(38)16-14(40-20(25)26)2-1-3-15(16)41-21(27)28/h1-8,20-21,39H,9-10,32H2,(H,33,37)(H,34,38). The topological polar surface area (TPSA) is 141 Å². The number of nitrogens with one attached hydrogen (secondary N) is 2. The zero-order valence-corrected chi connectivity index (χ0v) is 20.3. The van der Waals surface area contributed by atoms with Crippen molar-refractivity contribution in [2.45, 2.75) is 25.0 Å². The first-order chi connectivity index (χ1) is 19.1. The number of amides is 2. The number of carbonyl (C=O) groups is 2. The van der Waals surface area contributed by atoms with Crippen molar-refractivity contribution >= 4 is 17.6 Å². The number of benzene rings is 2. The van der Waals surface area contributed by atoms with Crippen LogP contribution in [0.1, 0.15) is 20.7 Å². The van der Waals surface area contributed by atoms with Crippen LogP contribution in [0.5, 0.6) is 11.5 Å². The molecule has 10 nitrogen and oxygen atoms in total. The molecule has 0 aliphatic carbocycles. The molecule has 1 unspecified atom stereocenters. The lowest BCUT2D eigenvalue weighted by Crippen LogP contribution is -2.59. The molecule has 41 heavy (non-hydrogen) atoms. The van der Waals surface area contributed by atoms with Crippen LogP contribution < -0.4 is 25.8 Å². The van der Waals surface area contributed by atoms with Gasteiger partial charge >= 0.3 is 19.4 Å². The lowest BCUT2D eigenvalue weighted by Gasteiger charge is -2.31. The van der Waals surface area contributed by atoms with Gasteiger partial charge in [-0.25, -0.2) is 9.07 Å². The van der Waals surface area contributed by atoms with Crippen molar-refractivity contribution in [1.82, 2.24) is 20.4 Å². The number of nitrogens with two attached hydrogens (primary N) is 1. The molecular weight excluding hydrogens is 578 g/mol. The van der Waals surface area contributed by atoms with E-state index in [9.17, 15) is 49.8 Å². The maximum absolute atomic E-state index is 13.8. The molecule has 3 rings (SSSR count). The molecular formula is C23H19F8N5O5. The van der Waals surface area contributed by atoms with Gasteiger partial charge in [-0.05, 0) is 36.4 Å². The van der Waals surface area contributed by atoms with Crippen molar-refractivity contribution in [2.75, 3.05) is 18.8 Å². The van der Waals surface area contributed by atoms with E-state index >= 15 is 0 Å². The fourth-order valence-corrected chi connectivity index (χ4v) is 3.34. The molecule has 0 saturated heterocycles. The Kier molecular flexibility index (Phi) is 9.26. The number of nitrogen functional groups attached to an aromatic ring is 1. The van der Waals surface area contributed by atoms with Crippen molar-refractivity contribution in [2.24, 2.45) is 0 Å². The van der Waals surface area contributed by atoms with Gasteiger partial charge in [0.05, 0.1) is 25.0 Å². The van der Waals surface area contributed by atoms with Crippen LogP contribution in [-0.4, -0.2) is 64.8 Å². The molecule has 0 aliphatic rings. The number of hydrogen-bond acceptors (Lipinski definition) is 7. The number of carbonyl (C=O) groups excluding carboxylic acids is 2. The molecule has 5 N–H and O–H groups in total. The smallest absolute Gasteiger partial charge is 0.420 e. The van der Waals surface area contributed by atoms with Gasteiger partial charge in [0.15, 0.2) is 5.60 Å². The zero-order valence-electron chi connectivity index (χ0n) is 20.3. The van der Waals surface area contributed by atoms with Gasteiger partial charge in [0, 0.05) is 0 Å². The fourth-order valence-electron chi connectivity index (χ4n) is 3.34. The second-order valence-corrected chi connectivity index (χ2v) is 8.11. The monoisotopic (exact) mass is 597 g/mol. The first-order valence-electron chi connectivity index (χ1n) is 11.1. The lowest BCUT2D eigenvalue weighted by molar-refractivity contribution is -0.254. The number of aromatic nitrogens is 2. The number of nitrogens with zero attached hydrogens (tertiary/aromatic N) is 2. The minimum Gasteiger partial charge on any atom is -0.434 e. The van der Waals surface area contributed by atoms with E-state index in [0.29, 0.717) is 0 Å². The van der Waals surface area contributed by atoms with Crippen molar-refractivity contribution in [3.63, 3.8) is 0 Å². The van der Waals surface area contributed by atoms with E-state index in [1.54, 1.807) is 10.6 Å². The molecule has 18 heteroatoms. The van der Waals surface area contributed by atoms with E-state index in [1.165, 1.54) is 12.1 Å². The summed E-state index contributed by atoms with van der Waals surface area (Å²) in [6.45, 7) is -10.3. The van der Waals surface area contributed by atoms with Crippen LogP contribution in [0.3, 0.4) is 0 Å². The van der Waals surface area contributed by atoms with Crippen LogP contribution >= 0.6 is 0 Å². The van der Waals surface area contributed by atoms with Crippen LogP contribution in [0.15, 0.2) is 48.7 Å². The highest BCUT2D eigenvalue weighted by Crippen LogP contribution is 2.33. The van der Waals surface area contributed by atoms with Gasteiger partial charge in [0.25, 0.3) is 11.8 Å². The highest BCUT2D eigenvalue weighted by atomic mass is 19.4. The first-order valence-corrected chi connectivity index (χ1v) is 11.1. The highest BCUT2D eigenvalue weighted by Gasteiger charge is 2.54. The third kappa shape index (κ3) is 7.33. The second-order valence-electron chi connectivity index (χ2n) is 8.11. The number of anilines is 1. The Morgan fingerprint density at radius 3 is 1.93 bits per heavy atom. The summed E-state index contributed by atoms with van der Waals surface area (Å²) in [6, 6.07) is 7.03. The van der Waals surface area contributed by atoms with E-state index < -0.39 is 78.3 Å². The third-order valence-corrected chi connectivity index (χ3v) is 5.38. The predicted molar refractivity (Wildman–Crippen MR) is 123 cm³/mol. The zero-order chi connectivity index (χ0) is 30.5. The van der Waals surface area contributed by atoms with E-state index in [-0.39, 0.29) is 11.5 Å². The summed E-state index contributed by atoms with van der Waals surface area (Å²) in [5.41, 5.74) is 0.656. The van der Waals surface area contributed by atoms with Gasteiger partial charge in [-0.3, -0.25) is 9.59 Å². The summed E-state index contributed by atoms with van der Waals surface area (Å²) < 4.78 is 115. The van der Waals surface area contributed by atoms with Crippen molar-refractivity contribution in [3.05, 3.63) is 65.6 Å². The van der Waals surface area contributed by atoms with Crippen LogP contribution in [0.4, 0.5) is 40.9 Å². The second kappa shape index (κ2) is 12.3. The Morgan fingerprint density at radius 2 is 1.44 bits per heavy atom. The number of aliphatic hydroxyl groups is 1. The SMILES string of the molecule is Nc1c(C(=O)NCC(O)(CNC(=O)c2c(OC(F)F)cccc2OC(F)F)C(F)(F)F)cnn1-c1ccc(F)cc1. The molecule has 1 atom stereocenters. The summed E-state index contributed by atoms with van der Waals surface area (Å²) in [5, 5.41) is 17.5. The summed E-state index contributed by atoms with van der Waals surface area (Å²) in [6.07, 6.45) is -4.61. The third-order valence-electron chi connectivity index (χ3n) is 5.38. The number of rotatable bonds is 11. The molecule has 1 heterocycles. The molecule has 0 spiro atoms. The molecule has 0 saturated carbocycles. The predicted octanol–water partition coefficient (Wildman–Crippen LogP) is 3.25. The summed E-state index contributed by atoms with van der Waals surface area (Å²) >= 11 is 0. The normalized spacial score (nSPS) is 13.1. The van der Waals surface area contributed by atoms with E-state index in [0.717, 1.165) is 41.2 Å². The highest BCUT2D eigenvalue weighted by molar-refractivity contribution is 6.00. The molecule has 1 aromatic heterocycles. The van der Waals surface area contributed by atoms with E-state index in [4.69, 9.17) is 5.73 Å². The summed E-state index contributed by atoms with van der Waals surface area (Å²) in [4.78, 5) is 25.2. The molecule has 0 fully saturated rings. The van der Waals surface area contributed by atoms with Gasteiger partial charge < -0.3 is 30.9 Å². The molecule has 0 bridgehead atoms. The average Bonchev–Trinajstić information content (AvgIpc) is 3.26. The van der Waals surface area contributed by atoms with Gasteiger partial charge in [-0.2, -0.15) is 35.8 Å². The molecule has 0 aliphatic heterocycles. The lowest BCUT2D eigenvalue weighted by atomic mass is 10.0. The van der Waals surface area contributed by atoms with E-state index in [1.807, 2.05) is 0 Å². The van der Waals surface area contributed by atoms with Gasteiger partial charge in [0.2, 0.25) is 0 Å². The maximum Gasteiger partial charge on any atom is 0.420 e. The number of hydrogen-bond donors (Lipinski definition) is 4. The van der Waals surface area contributed by atoms with Crippen LogP contribution in [0.25, 0.3) is 5.69 Å². The minimum absolute atomic E-state index is 0.212.